The van der Waals surface area contributed by atoms with Crippen molar-refractivity contribution in [2.45, 2.75) is 49.5 Å². The van der Waals surface area contributed by atoms with Gasteiger partial charge in [-0.3, -0.25) is 0 Å². The number of hydrogen-bond acceptors (Lipinski definition) is 4. The molecule has 0 radical (unpaired) electrons. The maximum Gasteiger partial charge on any atom is 0.244 e. The molecular weight excluding hydrogens is 304 g/mol. The van der Waals surface area contributed by atoms with E-state index in [9.17, 15) is 8.42 Å². The maximum absolute atomic E-state index is 12.8. The fraction of sp³-hybridized carbons (Fsp3) is 0.733. The number of thiophene rings is 1. The molecule has 1 aromatic heterocycles. The molecule has 4 nitrogen and oxygen atoms in total. The second-order valence-corrected chi connectivity index (χ2v) is 8.73. The van der Waals surface area contributed by atoms with E-state index < -0.39 is 10.0 Å². The van der Waals surface area contributed by atoms with Gasteiger partial charge in [0, 0.05) is 18.0 Å². The van der Waals surface area contributed by atoms with Crippen LogP contribution in [0.1, 0.15) is 38.5 Å². The highest BCUT2D eigenvalue weighted by atomic mass is 32.2. The van der Waals surface area contributed by atoms with Crippen molar-refractivity contribution in [3.05, 3.63) is 16.8 Å². The molecule has 0 bridgehead atoms. The number of likely N-dealkylation sites (tertiary alicyclic amines) is 1. The summed E-state index contributed by atoms with van der Waals surface area (Å²) in [6.45, 7) is 4.09. The summed E-state index contributed by atoms with van der Waals surface area (Å²) in [5.74, 6) is 0. The minimum Gasteiger partial charge on any atom is -0.303 e. The van der Waals surface area contributed by atoms with Gasteiger partial charge in [-0.15, -0.1) is 0 Å². The first-order valence-electron chi connectivity index (χ1n) is 7.94. The molecule has 0 amide bonds. The molecule has 1 atom stereocenters. The van der Waals surface area contributed by atoms with Crippen LogP contribution in [0.2, 0.25) is 0 Å². The zero-order chi connectivity index (χ0) is 14.7. The van der Waals surface area contributed by atoms with E-state index in [1.54, 1.807) is 15.8 Å². The van der Waals surface area contributed by atoms with E-state index in [2.05, 4.69) is 4.90 Å². The molecule has 0 aliphatic carbocycles. The molecule has 0 N–H and O–H groups in total. The molecule has 0 saturated carbocycles. The number of piperidine rings is 1. The monoisotopic (exact) mass is 328 g/mol. The predicted molar refractivity (Wildman–Crippen MR) is 86.1 cm³/mol. The molecule has 0 spiro atoms. The Morgan fingerprint density at radius 1 is 1.14 bits per heavy atom. The van der Waals surface area contributed by atoms with Gasteiger partial charge in [-0.25, -0.2) is 8.42 Å². The van der Waals surface area contributed by atoms with E-state index in [1.807, 2.05) is 5.38 Å². The lowest BCUT2D eigenvalue weighted by molar-refractivity contribution is 0.213. The molecule has 21 heavy (non-hydrogen) atoms. The Morgan fingerprint density at radius 2 is 1.90 bits per heavy atom. The second-order valence-electron chi connectivity index (χ2n) is 6.06. The standard InChI is InChI=1S/C15H24N2O2S2/c18-21(19,15-7-12-20-13-15)17-10-2-1-5-14(17)6-11-16-8-3-4-9-16/h7,12-14H,1-6,8-11H2. The first-order valence-corrected chi connectivity index (χ1v) is 10.3. The lowest BCUT2D eigenvalue weighted by atomic mass is 10.0. The zero-order valence-corrected chi connectivity index (χ0v) is 14.0. The van der Waals surface area contributed by atoms with E-state index in [0.29, 0.717) is 11.4 Å². The summed E-state index contributed by atoms with van der Waals surface area (Å²) in [5, 5.41) is 3.59. The van der Waals surface area contributed by atoms with Crippen LogP contribution in [0.4, 0.5) is 0 Å². The summed E-state index contributed by atoms with van der Waals surface area (Å²) >= 11 is 1.45. The Hall–Kier alpha value is -0.430. The molecule has 2 aliphatic rings. The highest BCUT2D eigenvalue weighted by molar-refractivity contribution is 7.89. The largest absolute Gasteiger partial charge is 0.303 e. The Morgan fingerprint density at radius 3 is 2.62 bits per heavy atom. The van der Waals surface area contributed by atoms with Crippen molar-refractivity contribution in [2.24, 2.45) is 0 Å². The van der Waals surface area contributed by atoms with Gasteiger partial charge >= 0.3 is 0 Å². The van der Waals surface area contributed by atoms with Crippen molar-refractivity contribution in [3.63, 3.8) is 0 Å². The van der Waals surface area contributed by atoms with Gasteiger partial charge in [0.25, 0.3) is 0 Å². The van der Waals surface area contributed by atoms with Crippen LogP contribution in [0.25, 0.3) is 0 Å². The van der Waals surface area contributed by atoms with Gasteiger partial charge in [0.2, 0.25) is 10.0 Å². The van der Waals surface area contributed by atoms with Gasteiger partial charge in [-0.1, -0.05) is 6.42 Å². The van der Waals surface area contributed by atoms with Crippen molar-refractivity contribution < 1.29 is 8.42 Å². The molecule has 1 aromatic rings. The molecule has 0 aromatic carbocycles. The fourth-order valence-electron chi connectivity index (χ4n) is 3.45. The van der Waals surface area contributed by atoms with Crippen molar-refractivity contribution in [1.29, 1.82) is 0 Å². The van der Waals surface area contributed by atoms with Crippen LogP contribution in [0, 0.1) is 0 Å². The molecule has 118 valence electrons. The third-order valence-corrected chi connectivity index (χ3v) is 7.43. The number of hydrogen-bond donors (Lipinski definition) is 0. The maximum atomic E-state index is 12.8. The van der Waals surface area contributed by atoms with Crippen LogP contribution >= 0.6 is 11.3 Å². The van der Waals surface area contributed by atoms with E-state index in [0.717, 1.165) is 32.2 Å². The topological polar surface area (TPSA) is 40.6 Å². The molecule has 2 fully saturated rings. The molecule has 3 rings (SSSR count). The Bertz CT molecular complexity index is 536. The van der Waals surface area contributed by atoms with Gasteiger partial charge in [0.15, 0.2) is 0 Å². The number of rotatable bonds is 5. The van der Waals surface area contributed by atoms with Gasteiger partial charge in [0.05, 0.1) is 4.90 Å². The second kappa shape index (κ2) is 6.77. The van der Waals surface area contributed by atoms with Crippen molar-refractivity contribution >= 4 is 21.4 Å². The SMILES string of the molecule is O=S(=O)(c1ccsc1)N1CCCCC1CCN1CCCC1. The van der Waals surface area contributed by atoms with E-state index >= 15 is 0 Å². The first kappa shape index (κ1) is 15.5. The normalized spacial score (nSPS) is 25.4. The quantitative estimate of drug-likeness (QED) is 0.834. The number of nitrogens with zero attached hydrogens (tertiary/aromatic N) is 2. The highest BCUT2D eigenvalue weighted by Crippen LogP contribution is 2.28. The van der Waals surface area contributed by atoms with Crippen LogP contribution in [0.3, 0.4) is 0 Å². The third kappa shape index (κ3) is 3.50. The van der Waals surface area contributed by atoms with Crippen LogP contribution in [-0.4, -0.2) is 49.8 Å². The summed E-state index contributed by atoms with van der Waals surface area (Å²) in [4.78, 5) is 2.95. The summed E-state index contributed by atoms with van der Waals surface area (Å²) in [6, 6.07) is 1.91. The molecule has 3 heterocycles. The molecule has 6 heteroatoms. The highest BCUT2D eigenvalue weighted by Gasteiger charge is 2.33. The molecule has 2 aliphatic heterocycles. The lowest BCUT2D eigenvalue weighted by Gasteiger charge is -2.35. The number of sulfonamides is 1. The van der Waals surface area contributed by atoms with E-state index in [1.165, 1.54) is 37.3 Å². The Labute approximate surface area is 131 Å². The van der Waals surface area contributed by atoms with Crippen LogP contribution in [-0.2, 0) is 10.0 Å². The zero-order valence-electron chi connectivity index (χ0n) is 12.4. The van der Waals surface area contributed by atoms with E-state index in [-0.39, 0.29) is 6.04 Å². The summed E-state index contributed by atoms with van der Waals surface area (Å²) in [5.41, 5.74) is 0. The van der Waals surface area contributed by atoms with Gasteiger partial charge in [-0.05, 0) is 63.2 Å². The van der Waals surface area contributed by atoms with Crippen LogP contribution in [0.5, 0.6) is 0 Å². The van der Waals surface area contributed by atoms with Gasteiger partial charge in [0.1, 0.15) is 0 Å². The van der Waals surface area contributed by atoms with Crippen LogP contribution in [0.15, 0.2) is 21.7 Å². The average Bonchev–Trinajstić information content (AvgIpc) is 3.18. The summed E-state index contributed by atoms with van der Waals surface area (Å²) < 4.78 is 27.3. The lowest BCUT2D eigenvalue weighted by Crippen LogP contribution is -2.44. The van der Waals surface area contributed by atoms with Gasteiger partial charge in [-0.2, -0.15) is 15.6 Å². The third-order valence-electron chi connectivity index (χ3n) is 4.65. The smallest absolute Gasteiger partial charge is 0.244 e. The van der Waals surface area contributed by atoms with Crippen LogP contribution < -0.4 is 0 Å². The molecule has 1 unspecified atom stereocenters. The fourth-order valence-corrected chi connectivity index (χ4v) is 6.19. The van der Waals surface area contributed by atoms with Gasteiger partial charge < -0.3 is 4.90 Å². The molecular formula is C15H24N2O2S2. The van der Waals surface area contributed by atoms with Crippen molar-refractivity contribution in [1.82, 2.24) is 9.21 Å². The first-order chi connectivity index (χ1) is 10.2. The summed E-state index contributed by atoms with van der Waals surface area (Å²) in [7, 11) is -3.29. The Kier molecular flexibility index (Phi) is 4.99. The minimum atomic E-state index is -3.29. The van der Waals surface area contributed by atoms with Crippen molar-refractivity contribution in [2.75, 3.05) is 26.2 Å². The summed E-state index contributed by atoms with van der Waals surface area (Å²) in [6.07, 6.45) is 6.72. The molecule has 2 saturated heterocycles. The Balaban J connectivity index is 1.69. The predicted octanol–water partition coefficient (Wildman–Crippen LogP) is 2.78. The van der Waals surface area contributed by atoms with E-state index in [4.69, 9.17) is 0 Å². The van der Waals surface area contributed by atoms with Crippen molar-refractivity contribution in [3.8, 4) is 0 Å². The average molecular weight is 329 g/mol. The minimum absolute atomic E-state index is 0.184.